The third-order valence-corrected chi connectivity index (χ3v) is 1.25. The first kappa shape index (κ1) is 8.45. The average molecular weight is 166 g/mol. The predicted molar refractivity (Wildman–Crippen MR) is 43.0 cm³/mol. The SMILES string of the molecule is C=CCC(=O)NCc1ncn[nH]1. The minimum absolute atomic E-state index is 0.0681. The van der Waals surface area contributed by atoms with Crippen molar-refractivity contribution in [2.45, 2.75) is 13.0 Å². The van der Waals surface area contributed by atoms with Gasteiger partial charge in [-0.3, -0.25) is 9.89 Å². The maximum Gasteiger partial charge on any atom is 0.224 e. The van der Waals surface area contributed by atoms with Crippen LogP contribution in [-0.4, -0.2) is 21.1 Å². The molecule has 0 aliphatic carbocycles. The van der Waals surface area contributed by atoms with Crippen molar-refractivity contribution in [3.8, 4) is 0 Å². The number of carbonyl (C=O) groups excluding carboxylic acids is 1. The van der Waals surface area contributed by atoms with Gasteiger partial charge in [0.15, 0.2) is 0 Å². The molecule has 0 unspecified atom stereocenters. The standard InChI is InChI=1S/C7H10N4O/c1-2-3-7(12)8-4-6-9-5-10-11-6/h2,5H,1,3-4H2,(H,8,12)(H,9,10,11). The molecule has 1 aromatic heterocycles. The smallest absolute Gasteiger partial charge is 0.224 e. The van der Waals surface area contributed by atoms with Gasteiger partial charge in [0, 0.05) is 6.42 Å². The van der Waals surface area contributed by atoms with Crippen molar-refractivity contribution in [3.05, 3.63) is 24.8 Å². The molecule has 0 bridgehead atoms. The fourth-order valence-corrected chi connectivity index (χ4v) is 0.702. The van der Waals surface area contributed by atoms with Crippen molar-refractivity contribution in [3.63, 3.8) is 0 Å². The number of aromatic nitrogens is 3. The molecule has 0 radical (unpaired) electrons. The summed E-state index contributed by atoms with van der Waals surface area (Å²) in [6.07, 6.45) is 3.28. The van der Waals surface area contributed by atoms with Gasteiger partial charge in [-0.1, -0.05) is 6.08 Å². The second-order valence-corrected chi connectivity index (χ2v) is 2.20. The molecule has 64 valence electrons. The zero-order chi connectivity index (χ0) is 8.81. The Kier molecular flexibility index (Phi) is 3.01. The van der Waals surface area contributed by atoms with E-state index in [-0.39, 0.29) is 5.91 Å². The number of rotatable bonds is 4. The van der Waals surface area contributed by atoms with Crippen LogP contribution in [0.3, 0.4) is 0 Å². The lowest BCUT2D eigenvalue weighted by Gasteiger charge is -1.98. The summed E-state index contributed by atoms with van der Waals surface area (Å²) in [6.45, 7) is 3.83. The first-order chi connectivity index (χ1) is 5.83. The van der Waals surface area contributed by atoms with Gasteiger partial charge in [-0.05, 0) is 0 Å². The third kappa shape index (κ3) is 2.53. The summed E-state index contributed by atoms with van der Waals surface area (Å²) in [5.74, 6) is 0.578. The Morgan fingerprint density at radius 1 is 1.83 bits per heavy atom. The van der Waals surface area contributed by atoms with Crippen LogP contribution in [0, 0.1) is 0 Å². The summed E-state index contributed by atoms with van der Waals surface area (Å²) in [5.41, 5.74) is 0. The molecule has 12 heavy (non-hydrogen) atoms. The summed E-state index contributed by atoms with van der Waals surface area (Å²) in [6, 6.07) is 0. The fraction of sp³-hybridized carbons (Fsp3) is 0.286. The zero-order valence-corrected chi connectivity index (χ0v) is 6.58. The second-order valence-electron chi connectivity index (χ2n) is 2.20. The van der Waals surface area contributed by atoms with Crippen molar-refractivity contribution >= 4 is 5.91 Å². The predicted octanol–water partition coefficient (Wildman–Crippen LogP) is -0.00300. The molecule has 5 nitrogen and oxygen atoms in total. The second kappa shape index (κ2) is 4.27. The number of aromatic amines is 1. The van der Waals surface area contributed by atoms with Gasteiger partial charge in [0.25, 0.3) is 0 Å². The number of H-pyrrole nitrogens is 1. The highest BCUT2D eigenvalue weighted by atomic mass is 16.1. The first-order valence-corrected chi connectivity index (χ1v) is 3.54. The van der Waals surface area contributed by atoms with Gasteiger partial charge >= 0.3 is 0 Å². The summed E-state index contributed by atoms with van der Waals surface area (Å²) >= 11 is 0. The molecule has 0 aliphatic heterocycles. The maximum absolute atomic E-state index is 10.9. The molecule has 0 fully saturated rings. The lowest BCUT2D eigenvalue weighted by atomic mass is 10.4. The maximum atomic E-state index is 10.9. The number of amides is 1. The van der Waals surface area contributed by atoms with Crippen LogP contribution in [0.1, 0.15) is 12.2 Å². The molecular formula is C7H10N4O. The summed E-state index contributed by atoms with van der Waals surface area (Å²) in [4.78, 5) is 14.7. The molecule has 0 spiro atoms. The minimum atomic E-state index is -0.0681. The zero-order valence-electron chi connectivity index (χ0n) is 6.58. The molecular weight excluding hydrogens is 156 g/mol. The van der Waals surface area contributed by atoms with Crippen LogP contribution in [0.5, 0.6) is 0 Å². The van der Waals surface area contributed by atoms with Crippen LogP contribution in [0.4, 0.5) is 0 Å². The van der Waals surface area contributed by atoms with E-state index in [1.54, 1.807) is 6.08 Å². The van der Waals surface area contributed by atoms with Gasteiger partial charge in [-0.15, -0.1) is 6.58 Å². The quantitative estimate of drug-likeness (QED) is 0.618. The normalized spacial score (nSPS) is 9.33. The summed E-state index contributed by atoms with van der Waals surface area (Å²) in [7, 11) is 0. The number of carbonyl (C=O) groups is 1. The van der Waals surface area contributed by atoms with Crippen molar-refractivity contribution in [2.24, 2.45) is 0 Å². The Bertz CT molecular complexity index is 254. The number of nitrogens with one attached hydrogen (secondary N) is 2. The van der Waals surface area contributed by atoms with Crippen molar-refractivity contribution in [1.29, 1.82) is 0 Å². The molecule has 5 heteroatoms. The molecule has 0 aromatic carbocycles. The Morgan fingerprint density at radius 2 is 2.67 bits per heavy atom. The Hall–Kier alpha value is -1.65. The van der Waals surface area contributed by atoms with Gasteiger partial charge in [-0.2, -0.15) is 5.10 Å². The fourth-order valence-electron chi connectivity index (χ4n) is 0.702. The van der Waals surface area contributed by atoms with Crippen LogP contribution in [-0.2, 0) is 11.3 Å². The average Bonchev–Trinajstić information content (AvgIpc) is 2.53. The lowest BCUT2D eigenvalue weighted by molar-refractivity contribution is -0.120. The van der Waals surface area contributed by atoms with Gasteiger partial charge in [-0.25, -0.2) is 4.98 Å². The first-order valence-electron chi connectivity index (χ1n) is 3.54. The van der Waals surface area contributed by atoms with E-state index < -0.39 is 0 Å². The van der Waals surface area contributed by atoms with Crippen molar-refractivity contribution < 1.29 is 4.79 Å². The highest BCUT2D eigenvalue weighted by molar-refractivity contribution is 5.77. The van der Waals surface area contributed by atoms with Crippen LogP contribution in [0.25, 0.3) is 0 Å². The van der Waals surface area contributed by atoms with Gasteiger partial charge in [0.05, 0.1) is 6.54 Å². The number of nitrogens with zero attached hydrogens (tertiary/aromatic N) is 2. The molecule has 1 heterocycles. The lowest BCUT2D eigenvalue weighted by Crippen LogP contribution is -2.22. The monoisotopic (exact) mass is 166 g/mol. The van der Waals surface area contributed by atoms with E-state index in [0.717, 1.165) is 0 Å². The van der Waals surface area contributed by atoms with E-state index in [4.69, 9.17) is 0 Å². The van der Waals surface area contributed by atoms with Crippen LogP contribution in [0.15, 0.2) is 19.0 Å². The van der Waals surface area contributed by atoms with Crippen LogP contribution >= 0.6 is 0 Å². The van der Waals surface area contributed by atoms with E-state index in [1.165, 1.54) is 6.33 Å². The molecule has 2 N–H and O–H groups in total. The molecule has 1 aromatic rings. The molecule has 0 aliphatic rings. The van der Waals surface area contributed by atoms with Crippen LogP contribution in [0.2, 0.25) is 0 Å². The number of hydrogen-bond donors (Lipinski definition) is 2. The Balaban J connectivity index is 2.26. The van der Waals surface area contributed by atoms with E-state index in [1.807, 2.05) is 0 Å². The molecule has 0 saturated carbocycles. The molecule has 1 rings (SSSR count). The molecule has 1 amide bonds. The van der Waals surface area contributed by atoms with Gasteiger partial charge < -0.3 is 5.32 Å². The minimum Gasteiger partial charge on any atom is -0.349 e. The van der Waals surface area contributed by atoms with Crippen LogP contribution < -0.4 is 5.32 Å². The number of hydrogen-bond acceptors (Lipinski definition) is 3. The Labute approximate surface area is 69.9 Å². The molecule has 0 atom stereocenters. The van der Waals surface area contributed by atoms with E-state index in [0.29, 0.717) is 18.8 Å². The summed E-state index contributed by atoms with van der Waals surface area (Å²) in [5, 5.41) is 8.91. The highest BCUT2D eigenvalue weighted by Crippen LogP contribution is 1.85. The van der Waals surface area contributed by atoms with Gasteiger partial charge in [0.1, 0.15) is 12.2 Å². The third-order valence-electron chi connectivity index (χ3n) is 1.25. The van der Waals surface area contributed by atoms with E-state index in [9.17, 15) is 4.79 Å². The summed E-state index contributed by atoms with van der Waals surface area (Å²) < 4.78 is 0. The highest BCUT2D eigenvalue weighted by Gasteiger charge is 1.98. The van der Waals surface area contributed by atoms with E-state index >= 15 is 0 Å². The van der Waals surface area contributed by atoms with Crippen molar-refractivity contribution in [2.75, 3.05) is 0 Å². The topological polar surface area (TPSA) is 70.7 Å². The molecule has 0 saturated heterocycles. The largest absolute Gasteiger partial charge is 0.349 e. The van der Waals surface area contributed by atoms with Crippen molar-refractivity contribution in [1.82, 2.24) is 20.5 Å². The van der Waals surface area contributed by atoms with E-state index in [2.05, 4.69) is 27.1 Å². The Morgan fingerprint density at radius 3 is 3.25 bits per heavy atom. The van der Waals surface area contributed by atoms with Gasteiger partial charge in [0.2, 0.25) is 5.91 Å².